The zero-order chi connectivity index (χ0) is 21.8. The number of nitrogens with zero attached hydrogens (tertiary/aromatic N) is 1. The van der Waals surface area contributed by atoms with Crippen LogP contribution in [0, 0.1) is 0 Å². The molecule has 0 amide bonds. The number of rotatable bonds is 5. The van der Waals surface area contributed by atoms with Crippen LogP contribution in [0.5, 0.6) is 5.75 Å². The van der Waals surface area contributed by atoms with Crippen LogP contribution in [0.3, 0.4) is 0 Å². The molecule has 1 aliphatic heterocycles. The number of esters is 2. The van der Waals surface area contributed by atoms with E-state index in [-0.39, 0.29) is 11.6 Å². The maximum atomic E-state index is 12.3. The van der Waals surface area contributed by atoms with Crippen molar-refractivity contribution < 1.29 is 19.1 Å². The van der Waals surface area contributed by atoms with Crippen LogP contribution in [0.2, 0.25) is 0 Å². The summed E-state index contributed by atoms with van der Waals surface area (Å²) in [5, 5.41) is 0. The molecular formula is C26H21NO4. The number of ether oxygens (including phenoxy) is 2. The summed E-state index contributed by atoms with van der Waals surface area (Å²) in [7, 11) is 0. The SMILES string of the molecule is CC(C)c1ccc(C2=N/C(=C\c3cccc(OC(=O)c4ccccc4)c3)C(=O)O2)cc1. The zero-order valence-corrected chi connectivity index (χ0v) is 17.2. The third-order valence-electron chi connectivity index (χ3n) is 4.83. The monoisotopic (exact) mass is 411 g/mol. The number of hydrogen-bond acceptors (Lipinski definition) is 5. The fraction of sp³-hybridized carbons (Fsp3) is 0.115. The molecule has 5 nitrogen and oxygen atoms in total. The van der Waals surface area contributed by atoms with Crippen molar-refractivity contribution in [3.05, 3.63) is 107 Å². The Balaban J connectivity index is 1.53. The molecule has 154 valence electrons. The first-order valence-electron chi connectivity index (χ1n) is 10.00. The van der Waals surface area contributed by atoms with Crippen LogP contribution in [0.4, 0.5) is 0 Å². The molecule has 31 heavy (non-hydrogen) atoms. The Kier molecular flexibility index (Phi) is 5.76. The molecule has 0 spiro atoms. The quantitative estimate of drug-likeness (QED) is 0.321. The highest BCUT2D eigenvalue weighted by Crippen LogP contribution is 2.23. The van der Waals surface area contributed by atoms with Crippen molar-refractivity contribution in [2.75, 3.05) is 0 Å². The summed E-state index contributed by atoms with van der Waals surface area (Å²) < 4.78 is 10.8. The average molecular weight is 411 g/mol. The van der Waals surface area contributed by atoms with E-state index in [0.717, 1.165) is 5.56 Å². The third-order valence-corrected chi connectivity index (χ3v) is 4.83. The van der Waals surface area contributed by atoms with E-state index in [4.69, 9.17) is 9.47 Å². The third kappa shape index (κ3) is 4.78. The van der Waals surface area contributed by atoms with E-state index in [0.29, 0.717) is 22.8 Å². The Morgan fingerprint density at radius 2 is 1.71 bits per heavy atom. The number of carbonyl (C=O) groups excluding carboxylic acids is 2. The molecule has 0 saturated heterocycles. The zero-order valence-electron chi connectivity index (χ0n) is 17.2. The first kappa shape index (κ1) is 20.3. The Morgan fingerprint density at radius 3 is 2.42 bits per heavy atom. The van der Waals surface area contributed by atoms with Gasteiger partial charge in [-0.3, -0.25) is 0 Å². The van der Waals surface area contributed by atoms with Gasteiger partial charge in [0, 0.05) is 5.56 Å². The van der Waals surface area contributed by atoms with Crippen molar-refractivity contribution in [3.8, 4) is 5.75 Å². The van der Waals surface area contributed by atoms with Crippen LogP contribution in [0.25, 0.3) is 6.08 Å². The first-order valence-corrected chi connectivity index (χ1v) is 10.00. The highest BCUT2D eigenvalue weighted by atomic mass is 16.6. The fourth-order valence-electron chi connectivity index (χ4n) is 3.11. The van der Waals surface area contributed by atoms with E-state index in [2.05, 4.69) is 18.8 Å². The van der Waals surface area contributed by atoms with Crippen LogP contribution in [-0.2, 0) is 9.53 Å². The van der Waals surface area contributed by atoms with Gasteiger partial charge in [0.2, 0.25) is 5.90 Å². The standard InChI is InChI=1S/C26H21NO4/c1-17(2)19-11-13-20(14-12-19)24-27-23(26(29)31-24)16-18-7-6-10-22(15-18)30-25(28)21-8-4-3-5-9-21/h3-17H,1-2H3/b23-16-. The second-order valence-electron chi connectivity index (χ2n) is 7.44. The topological polar surface area (TPSA) is 65.0 Å². The highest BCUT2D eigenvalue weighted by Gasteiger charge is 2.24. The van der Waals surface area contributed by atoms with E-state index >= 15 is 0 Å². The largest absolute Gasteiger partial charge is 0.423 e. The number of carbonyl (C=O) groups is 2. The second kappa shape index (κ2) is 8.79. The Bertz CT molecular complexity index is 1180. The second-order valence-corrected chi connectivity index (χ2v) is 7.44. The van der Waals surface area contributed by atoms with E-state index < -0.39 is 11.9 Å². The van der Waals surface area contributed by atoms with Gasteiger partial charge in [-0.15, -0.1) is 0 Å². The lowest BCUT2D eigenvalue weighted by atomic mass is 10.0. The number of hydrogen-bond donors (Lipinski definition) is 0. The van der Waals surface area contributed by atoms with E-state index in [9.17, 15) is 9.59 Å². The molecular weight excluding hydrogens is 390 g/mol. The molecule has 0 N–H and O–H groups in total. The first-order chi connectivity index (χ1) is 15.0. The normalized spacial score (nSPS) is 14.5. The molecule has 0 aliphatic carbocycles. The van der Waals surface area contributed by atoms with Crippen molar-refractivity contribution in [1.82, 2.24) is 0 Å². The maximum absolute atomic E-state index is 12.3. The Morgan fingerprint density at radius 1 is 0.968 bits per heavy atom. The van der Waals surface area contributed by atoms with E-state index in [1.807, 2.05) is 30.3 Å². The maximum Gasteiger partial charge on any atom is 0.363 e. The molecule has 0 aromatic heterocycles. The van der Waals surface area contributed by atoms with Crippen LogP contribution < -0.4 is 4.74 Å². The summed E-state index contributed by atoms with van der Waals surface area (Å²) in [5.41, 5.74) is 3.27. The summed E-state index contributed by atoms with van der Waals surface area (Å²) in [5.74, 6) is 0.104. The molecule has 0 saturated carbocycles. The predicted molar refractivity (Wildman–Crippen MR) is 119 cm³/mol. The molecule has 0 unspecified atom stereocenters. The molecule has 0 bridgehead atoms. The minimum absolute atomic E-state index is 0.189. The van der Waals surface area contributed by atoms with Gasteiger partial charge < -0.3 is 9.47 Å². The Labute approximate surface area is 180 Å². The van der Waals surface area contributed by atoms with Crippen LogP contribution in [0.1, 0.15) is 46.8 Å². The minimum atomic E-state index is -0.519. The van der Waals surface area contributed by atoms with E-state index in [1.165, 1.54) is 5.56 Å². The fourth-order valence-corrected chi connectivity index (χ4v) is 3.11. The average Bonchev–Trinajstić information content (AvgIpc) is 3.15. The number of cyclic esters (lactones) is 1. The summed E-state index contributed by atoms with van der Waals surface area (Å²) in [6.45, 7) is 4.24. The van der Waals surface area contributed by atoms with Gasteiger partial charge in [-0.05, 0) is 59.5 Å². The minimum Gasteiger partial charge on any atom is -0.423 e. The van der Waals surface area contributed by atoms with Gasteiger partial charge >= 0.3 is 11.9 Å². The van der Waals surface area contributed by atoms with Crippen LogP contribution in [-0.4, -0.2) is 17.8 Å². The molecule has 0 atom stereocenters. The van der Waals surface area contributed by atoms with Gasteiger partial charge in [0.1, 0.15) is 5.75 Å². The molecule has 0 radical (unpaired) electrons. The van der Waals surface area contributed by atoms with Gasteiger partial charge in [-0.25, -0.2) is 14.6 Å². The summed E-state index contributed by atoms with van der Waals surface area (Å²) in [6, 6.07) is 23.4. The van der Waals surface area contributed by atoms with Gasteiger partial charge in [0.15, 0.2) is 5.70 Å². The summed E-state index contributed by atoms with van der Waals surface area (Å²) in [6.07, 6.45) is 1.61. The lowest BCUT2D eigenvalue weighted by molar-refractivity contribution is -0.129. The van der Waals surface area contributed by atoms with Gasteiger partial charge in [0.25, 0.3) is 0 Å². The molecule has 1 heterocycles. The van der Waals surface area contributed by atoms with Gasteiger partial charge in [-0.2, -0.15) is 0 Å². The van der Waals surface area contributed by atoms with Crippen molar-refractivity contribution in [2.24, 2.45) is 4.99 Å². The van der Waals surface area contributed by atoms with Crippen molar-refractivity contribution in [2.45, 2.75) is 19.8 Å². The predicted octanol–water partition coefficient (Wildman–Crippen LogP) is 5.37. The van der Waals surface area contributed by atoms with Gasteiger partial charge in [-0.1, -0.05) is 56.3 Å². The number of aliphatic imine (C=N–C) groups is 1. The summed E-state index contributed by atoms with van der Waals surface area (Å²) in [4.78, 5) is 28.9. The molecule has 0 fully saturated rings. The van der Waals surface area contributed by atoms with Crippen LogP contribution in [0.15, 0.2) is 89.6 Å². The molecule has 5 heteroatoms. The molecule has 3 aromatic carbocycles. The molecule has 4 rings (SSSR count). The van der Waals surface area contributed by atoms with Crippen molar-refractivity contribution in [1.29, 1.82) is 0 Å². The Hall–Kier alpha value is -3.99. The van der Waals surface area contributed by atoms with Crippen LogP contribution >= 0.6 is 0 Å². The van der Waals surface area contributed by atoms with Gasteiger partial charge in [0.05, 0.1) is 5.56 Å². The smallest absolute Gasteiger partial charge is 0.363 e. The number of benzene rings is 3. The molecule has 1 aliphatic rings. The highest BCUT2D eigenvalue weighted by molar-refractivity contribution is 6.12. The van der Waals surface area contributed by atoms with Crippen molar-refractivity contribution in [3.63, 3.8) is 0 Å². The molecule has 3 aromatic rings. The van der Waals surface area contributed by atoms with Crippen molar-refractivity contribution >= 4 is 23.9 Å². The lowest BCUT2D eigenvalue weighted by Crippen LogP contribution is -2.08. The van der Waals surface area contributed by atoms with E-state index in [1.54, 1.807) is 54.6 Å². The summed E-state index contributed by atoms with van der Waals surface area (Å²) >= 11 is 0. The lowest BCUT2D eigenvalue weighted by Gasteiger charge is -2.05.